The molecule has 2 amide bonds. The van der Waals surface area contributed by atoms with Crippen LogP contribution in [0.25, 0.3) is 0 Å². The van der Waals surface area contributed by atoms with E-state index in [-0.39, 0.29) is 12.1 Å². The molecule has 0 spiro atoms. The third-order valence-electron chi connectivity index (χ3n) is 4.18. The molecule has 1 aliphatic rings. The number of anilines is 1. The number of carbonyl (C=O) groups is 1. The maximum absolute atomic E-state index is 12.6. The number of carbonyl (C=O) groups excluding carboxylic acids is 1. The highest BCUT2D eigenvalue weighted by atomic mass is 16.5. The van der Waals surface area contributed by atoms with Gasteiger partial charge in [-0.05, 0) is 31.4 Å². The summed E-state index contributed by atoms with van der Waals surface area (Å²) < 4.78 is 7.17. The van der Waals surface area contributed by atoms with E-state index in [2.05, 4.69) is 15.4 Å². The van der Waals surface area contributed by atoms with Crippen LogP contribution in [0.1, 0.15) is 24.4 Å². The third kappa shape index (κ3) is 3.28. The largest absolute Gasteiger partial charge is 0.495 e. The Kier molecular flexibility index (Phi) is 4.45. The van der Waals surface area contributed by atoms with Crippen molar-refractivity contribution in [3.05, 3.63) is 36.4 Å². The zero-order valence-corrected chi connectivity index (χ0v) is 13.4. The molecule has 2 aromatic rings. The minimum Gasteiger partial charge on any atom is -0.495 e. The van der Waals surface area contributed by atoms with Gasteiger partial charge in [-0.1, -0.05) is 12.1 Å². The van der Waals surface area contributed by atoms with Gasteiger partial charge in [-0.3, -0.25) is 0 Å². The maximum atomic E-state index is 12.6. The van der Waals surface area contributed by atoms with Gasteiger partial charge >= 0.3 is 6.03 Å². The second-order valence-electron chi connectivity index (χ2n) is 5.70. The summed E-state index contributed by atoms with van der Waals surface area (Å²) in [7, 11) is 1.60. The van der Waals surface area contributed by atoms with Crippen molar-refractivity contribution in [3.8, 4) is 5.75 Å². The van der Waals surface area contributed by atoms with Crippen molar-refractivity contribution in [2.75, 3.05) is 25.5 Å². The normalized spacial score (nSPS) is 17.8. The summed E-state index contributed by atoms with van der Waals surface area (Å²) in [6, 6.07) is 5.77. The van der Waals surface area contributed by atoms with Crippen molar-refractivity contribution >= 4 is 11.7 Å². The van der Waals surface area contributed by atoms with Crippen LogP contribution in [0, 0.1) is 6.92 Å². The van der Waals surface area contributed by atoms with Gasteiger partial charge in [-0.25, -0.2) is 14.5 Å². The van der Waals surface area contributed by atoms with Crippen molar-refractivity contribution < 1.29 is 9.53 Å². The van der Waals surface area contributed by atoms with Gasteiger partial charge in [0.15, 0.2) is 0 Å². The molecular formula is C16H21N5O2. The first-order valence-electron chi connectivity index (χ1n) is 7.72. The number of ether oxygens (including phenoxy) is 1. The molecule has 0 bridgehead atoms. The standard InChI is InChI=1S/C16H21N5O2/c1-12-5-3-7-14(23-2)15(12)19-16(22)20-8-4-6-13(9-20)21-11-17-10-18-21/h3,5,7,10-11,13H,4,6,8-9H2,1-2H3,(H,19,22)/t13-/m0/s1. The minimum absolute atomic E-state index is 0.109. The van der Waals surface area contributed by atoms with Gasteiger partial charge in [0.1, 0.15) is 18.4 Å². The van der Waals surface area contributed by atoms with E-state index < -0.39 is 0 Å². The van der Waals surface area contributed by atoms with E-state index >= 15 is 0 Å². The Bertz CT molecular complexity index is 671. The number of rotatable bonds is 3. The summed E-state index contributed by atoms with van der Waals surface area (Å²) >= 11 is 0. The van der Waals surface area contributed by atoms with Crippen LogP contribution in [0.4, 0.5) is 10.5 Å². The second kappa shape index (κ2) is 6.68. The van der Waals surface area contributed by atoms with E-state index in [1.165, 1.54) is 6.33 Å². The molecule has 7 nitrogen and oxygen atoms in total. The van der Waals surface area contributed by atoms with Crippen LogP contribution in [0.2, 0.25) is 0 Å². The SMILES string of the molecule is COc1cccc(C)c1NC(=O)N1CCC[C@H](n2cncn2)C1. The van der Waals surface area contributed by atoms with Crippen molar-refractivity contribution in [2.45, 2.75) is 25.8 Å². The fraction of sp³-hybridized carbons (Fsp3) is 0.438. The number of methoxy groups -OCH3 is 1. The Morgan fingerprint density at radius 3 is 3.04 bits per heavy atom. The van der Waals surface area contributed by atoms with Crippen LogP contribution in [0.5, 0.6) is 5.75 Å². The second-order valence-corrected chi connectivity index (χ2v) is 5.70. The highest BCUT2D eigenvalue weighted by molar-refractivity contribution is 5.92. The summed E-state index contributed by atoms with van der Waals surface area (Å²) in [4.78, 5) is 18.4. The van der Waals surface area contributed by atoms with E-state index in [4.69, 9.17) is 4.74 Å². The fourth-order valence-electron chi connectivity index (χ4n) is 2.92. The number of hydrogen-bond acceptors (Lipinski definition) is 4. The molecule has 3 rings (SSSR count). The summed E-state index contributed by atoms with van der Waals surface area (Å²) in [5.41, 5.74) is 1.70. The van der Waals surface area contributed by atoms with Crippen molar-refractivity contribution in [3.63, 3.8) is 0 Å². The number of aromatic nitrogens is 3. The number of nitrogens with one attached hydrogen (secondary N) is 1. The van der Waals surface area contributed by atoms with E-state index in [0.29, 0.717) is 12.3 Å². The summed E-state index contributed by atoms with van der Waals surface area (Å²) in [5, 5.41) is 7.17. The van der Waals surface area contributed by atoms with Crippen LogP contribution >= 0.6 is 0 Å². The molecule has 122 valence electrons. The third-order valence-corrected chi connectivity index (χ3v) is 4.18. The molecule has 1 aromatic carbocycles. The number of piperidine rings is 1. The van der Waals surface area contributed by atoms with Crippen LogP contribution in [0.15, 0.2) is 30.9 Å². The lowest BCUT2D eigenvalue weighted by Crippen LogP contribution is -2.43. The van der Waals surface area contributed by atoms with Gasteiger partial charge in [0, 0.05) is 13.1 Å². The molecule has 2 heterocycles. The number of benzene rings is 1. The molecule has 1 fully saturated rings. The van der Waals surface area contributed by atoms with Gasteiger partial charge in [0.05, 0.1) is 18.8 Å². The van der Waals surface area contributed by atoms with E-state index in [9.17, 15) is 4.79 Å². The fourth-order valence-corrected chi connectivity index (χ4v) is 2.92. The van der Waals surface area contributed by atoms with Crippen LogP contribution in [-0.2, 0) is 0 Å². The first kappa shape index (κ1) is 15.3. The minimum atomic E-state index is -0.109. The summed E-state index contributed by atoms with van der Waals surface area (Å²) in [6.45, 7) is 3.32. The molecule has 1 aliphatic heterocycles. The quantitative estimate of drug-likeness (QED) is 0.944. The lowest BCUT2D eigenvalue weighted by Gasteiger charge is -2.32. The molecule has 1 saturated heterocycles. The maximum Gasteiger partial charge on any atom is 0.322 e. The van der Waals surface area contributed by atoms with Crippen molar-refractivity contribution in [1.82, 2.24) is 19.7 Å². The predicted octanol–water partition coefficient (Wildman–Crippen LogP) is 2.46. The number of hydrogen-bond donors (Lipinski definition) is 1. The Morgan fingerprint density at radius 2 is 2.30 bits per heavy atom. The zero-order chi connectivity index (χ0) is 16.2. The first-order valence-corrected chi connectivity index (χ1v) is 7.72. The summed E-state index contributed by atoms with van der Waals surface area (Å²) in [6.07, 6.45) is 5.18. The molecule has 7 heteroatoms. The molecule has 0 radical (unpaired) electrons. The number of urea groups is 1. The van der Waals surface area contributed by atoms with Gasteiger partial charge in [-0.2, -0.15) is 5.10 Å². The monoisotopic (exact) mass is 315 g/mol. The van der Waals surface area contributed by atoms with Crippen LogP contribution in [0.3, 0.4) is 0 Å². The Balaban J connectivity index is 1.71. The molecular weight excluding hydrogens is 294 g/mol. The van der Waals surface area contributed by atoms with Crippen LogP contribution < -0.4 is 10.1 Å². The average Bonchev–Trinajstić information content (AvgIpc) is 3.11. The Labute approximate surface area is 135 Å². The van der Waals surface area contributed by atoms with E-state index in [1.54, 1.807) is 13.4 Å². The number of likely N-dealkylation sites (tertiary alicyclic amines) is 1. The molecule has 23 heavy (non-hydrogen) atoms. The molecule has 0 aliphatic carbocycles. The smallest absolute Gasteiger partial charge is 0.322 e. The van der Waals surface area contributed by atoms with Gasteiger partial charge in [0.25, 0.3) is 0 Å². The number of aryl methyl sites for hydroxylation is 1. The lowest BCUT2D eigenvalue weighted by atomic mass is 10.1. The van der Waals surface area contributed by atoms with Crippen LogP contribution in [-0.4, -0.2) is 45.9 Å². The molecule has 0 unspecified atom stereocenters. The first-order chi connectivity index (χ1) is 11.2. The van der Waals surface area contributed by atoms with Gasteiger partial charge in [0.2, 0.25) is 0 Å². The molecule has 1 N–H and O–H groups in total. The van der Waals surface area contributed by atoms with Gasteiger partial charge < -0.3 is 15.0 Å². The van der Waals surface area contributed by atoms with Crippen molar-refractivity contribution in [1.29, 1.82) is 0 Å². The van der Waals surface area contributed by atoms with E-state index in [1.807, 2.05) is 34.7 Å². The zero-order valence-electron chi connectivity index (χ0n) is 13.4. The lowest BCUT2D eigenvalue weighted by molar-refractivity contribution is 0.174. The highest BCUT2D eigenvalue weighted by Crippen LogP contribution is 2.28. The Hall–Kier alpha value is -2.57. The molecule has 1 atom stereocenters. The predicted molar refractivity (Wildman–Crippen MR) is 86.6 cm³/mol. The van der Waals surface area contributed by atoms with Crippen molar-refractivity contribution in [2.24, 2.45) is 0 Å². The Morgan fingerprint density at radius 1 is 1.43 bits per heavy atom. The number of nitrogens with zero attached hydrogens (tertiary/aromatic N) is 4. The van der Waals surface area contributed by atoms with Gasteiger partial charge in [-0.15, -0.1) is 0 Å². The highest BCUT2D eigenvalue weighted by Gasteiger charge is 2.26. The topological polar surface area (TPSA) is 72.3 Å². The number of para-hydroxylation sites is 1. The molecule has 1 aromatic heterocycles. The number of amides is 2. The average molecular weight is 315 g/mol. The van der Waals surface area contributed by atoms with E-state index in [0.717, 1.165) is 30.6 Å². The molecule has 0 saturated carbocycles. The summed E-state index contributed by atoms with van der Waals surface area (Å²) in [5.74, 6) is 0.670.